The van der Waals surface area contributed by atoms with Crippen molar-refractivity contribution in [3.63, 3.8) is 0 Å². The monoisotopic (exact) mass is 436 g/mol. The van der Waals surface area contributed by atoms with Gasteiger partial charge in [-0.1, -0.05) is 17.7 Å². The van der Waals surface area contributed by atoms with E-state index in [2.05, 4.69) is 26.2 Å². The Labute approximate surface area is 184 Å². The molecular formula is C22H21ClN6O2. The van der Waals surface area contributed by atoms with E-state index in [0.29, 0.717) is 29.0 Å². The maximum Gasteiger partial charge on any atom is 0.238 e. The van der Waals surface area contributed by atoms with Crippen LogP contribution in [-0.4, -0.2) is 38.7 Å². The predicted molar refractivity (Wildman–Crippen MR) is 119 cm³/mol. The first-order valence-electron chi connectivity index (χ1n) is 9.80. The zero-order chi connectivity index (χ0) is 21.5. The Bertz CT molecular complexity index is 1310. The van der Waals surface area contributed by atoms with Crippen molar-refractivity contribution in [1.29, 1.82) is 0 Å². The highest BCUT2D eigenvalue weighted by Gasteiger charge is 2.24. The maximum absolute atomic E-state index is 6.51. The molecule has 0 saturated heterocycles. The van der Waals surface area contributed by atoms with Gasteiger partial charge in [0.05, 0.1) is 24.2 Å². The minimum Gasteiger partial charge on any atom is -0.479 e. The third-order valence-corrected chi connectivity index (χ3v) is 5.63. The molecule has 3 aromatic heterocycles. The first-order chi connectivity index (χ1) is 15.0. The van der Waals surface area contributed by atoms with Crippen molar-refractivity contribution in [2.24, 2.45) is 12.0 Å². The van der Waals surface area contributed by atoms with Gasteiger partial charge in [0.1, 0.15) is 24.0 Å². The summed E-state index contributed by atoms with van der Waals surface area (Å²) in [6, 6.07) is 9.46. The van der Waals surface area contributed by atoms with Crippen molar-refractivity contribution in [2.45, 2.75) is 13.0 Å². The molecule has 8 nitrogen and oxygen atoms in total. The van der Waals surface area contributed by atoms with Gasteiger partial charge in [-0.05, 0) is 31.2 Å². The molecule has 0 saturated carbocycles. The summed E-state index contributed by atoms with van der Waals surface area (Å²) in [5.74, 6) is 1.00. The number of benzene rings is 1. The summed E-state index contributed by atoms with van der Waals surface area (Å²) in [5.41, 5.74) is 7.28. The minimum absolute atomic E-state index is 0.219. The lowest BCUT2D eigenvalue weighted by Gasteiger charge is -2.22. The molecule has 31 heavy (non-hydrogen) atoms. The first-order valence-corrected chi connectivity index (χ1v) is 10.2. The summed E-state index contributed by atoms with van der Waals surface area (Å²) in [5, 5.41) is 1.68. The van der Waals surface area contributed by atoms with Crippen LogP contribution in [0.4, 0.5) is 0 Å². The van der Waals surface area contributed by atoms with Crippen LogP contribution in [0, 0.1) is 6.92 Å². The summed E-state index contributed by atoms with van der Waals surface area (Å²) in [4.78, 5) is 19.5. The second-order valence-electron chi connectivity index (χ2n) is 7.38. The van der Waals surface area contributed by atoms with Crippen LogP contribution < -0.4 is 10.2 Å². The van der Waals surface area contributed by atoms with E-state index in [1.807, 2.05) is 55.1 Å². The lowest BCUT2D eigenvalue weighted by molar-refractivity contribution is 0.0623. The quantitative estimate of drug-likeness (QED) is 0.527. The number of halogens is 1. The van der Waals surface area contributed by atoms with Crippen molar-refractivity contribution in [2.75, 3.05) is 13.7 Å². The summed E-state index contributed by atoms with van der Waals surface area (Å²) in [7, 11) is 3.59. The molecule has 0 spiro atoms. The van der Waals surface area contributed by atoms with Crippen LogP contribution in [0.3, 0.4) is 0 Å². The second-order valence-corrected chi connectivity index (χ2v) is 7.79. The molecule has 0 radical (unpaired) electrons. The highest BCUT2D eigenvalue weighted by atomic mass is 35.5. The molecule has 158 valence electrons. The summed E-state index contributed by atoms with van der Waals surface area (Å²) in [6.07, 6.45) is 5.70. The number of nitrogens with zero attached hydrogens (tertiary/aromatic N) is 5. The molecule has 1 N–H and O–H groups in total. The van der Waals surface area contributed by atoms with Crippen molar-refractivity contribution < 1.29 is 9.57 Å². The molecular weight excluding hydrogens is 416 g/mol. The van der Waals surface area contributed by atoms with Gasteiger partial charge in [-0.3, -0.25) is 9.83 Å². The van der Waals surface area contributed by atoms with Crippen LogP contribution in [0.5, 0.6) is 5.88 Å². The van der Waals surface area contributed by atoms with Gasteiger partial charge in [-0.25, -0.2) is 15.4 Å². The fraction of sp³-hybridized carbons (Fsp3) is 0.227. The van der Waals surface area contributed by atoms with Crippen LogP contribution in [-0.2, 0) is 11.9 Å². The molecule has 1 atom stereocenters. The zero-order valence-electron chi connectivity index (χ0n) is 17.3. The Hall–Kier alpha value is -3.36. The average Bonchev–Trinajstić information content (AvgIpc) is 3.37. The number of pyridine rings is 1. The molecule has 4 heterocycles. The number of amidine groups is 1. The van der Waals surface area contributed by atoms with E-state index >= 15 is 0 Å². The topological polar surface area (TPSA) is 78.5 Å². The maximum atomic E-state index is 6.51. The number of methoxy groups -OCH3 is 1. The summed E-state index contributed by atoms with van der Waals surface area (Å²) >= 11 is 6.51. The number of hydroxylamine groups is 1. The number of fused-ring (bicyclic) bond motifs is 1. The Morgan fingerprint density at radius 3 is 2.87 bits per heavy atom. The van der Waals surface area contributed by atoms with Gasteiger partial charge in [0.2, 0.25) is 5.88 Å². The molecule has 1 aliphatic heterocycles. The molecule has 1 aromatic carbocycles. The van der Waals surface area contributed by atoms with Gasteiger partial charge in [0.25, 0.3) is 0 Å². The lowest BCUT2D eigenvalue weighted by Crippen LogP contribution is -2.33. The van der Waals surface area contributed by atoms with Gasteiger partial charge >= 0.3 is 0 Å². The van der Waals surface area contributed by atoms with Gasteiger partial charge in [-0.2, -0.15) is 0 Å². The highest BCUT2D eigenvalue weighted by molar-refractivity contribution is 6.35. The first kappa shape index (κ1) is 19.6. The zero-order valence-corrected chi connectivity index (χ0v) is 18.1. The van der Waals surface area contributed by atoms with Crippen LogP contribution >= 0.6 is 11.6 Å². The molecule has 0 amide bonds. The Morgan fingerprint density at radius 1 is 1.23 bits per heavy atom. The summed E-state index contributed by atoms with van der Waals surface area (Å²) in [6.45, 7) is 2.32. The van der Waals surface area contributed by atoms with E-state index in [0.717, 1.165) is 27.8 Å². The smallest absolute Gasteiger partial charge is 0.238 e. The van der Waals surface area contributed by atoms with Crippen molar-refractivity contribution in [3.8, 4) is 11.6 Å². The van der Waals surface area contributed by atoms with Gasteiger partial charge < -0.3 is 13.9 Å². The number of aromatic nitrogens is 4. The normalized spacial score (nSPS) is 16.3. The lowest BCUT2D eigenvalue weighted by atomic mass is 10.1. The van der Waals surface area contributed by atoms with E-state index in [-0.39, 0.29) is 6.04 Å². The number of hydrogen-bond donors (Lipinski definition) is 1. The third kappa shape index (κ3) is 3.43. The molecule has 0 bridgehead atoms. The number of imidazole rings is 1. The summed E-state index contributed by atoms with van der Waals surface area (Å²) < 4.78 is 9.45. The number of hydrogen-bond acceptors (Lipinski definition) is 6. The Balaban J connectivity index is 1.54. The van der Waals surface area contributed by atoms with Crippen LogP contribution in [0.15, 0.2) is 54.0 Å². The number of aryl methyl sites for hydroxylation is 2. The van der Waals surface area contributed by atoms with E-state index < -0.39 is 0 Å². The largest absolute Gasteiger partial charge is 0.479 e. The fourth-order valence-electron chi connectivity index (χ4n) is 3.84. The van der Waals surface area contributed by atoms with Crippen LogP contribution in [0.1, 0.15) is 23.0 Å². The molecule has 4 aromatic rings. The van der Waals surface area contributed by atoms with Crippen molar-refractivity contribution in [3.05, 3.63) is 71.0 Å². The van der Waals surface area contributed by atoms with Crippen LogP contribution in [0.2, 0.25) is 5.02 Å². The predicted octanol–water partition coefficient (Wildman–Crippen LogP) is 3.75. The standard InChI is InChI=1S/C22H21ClN6O2/c1-13-9-29(12-24-13)19-8-7-16(26-22(19)30-3)21-25-17(11-31-27-21)14-10-28(2)18-6-4-5-15(23)20(14)18/h4-10,12,17H,11H2,1-3H3,(H,25,27). The number of ether oxygens (including phenoxy) is 1. The van der Waals surface area contributed by atoms with Gasteiger partial charge in [-0.15, -0.1) is 0 Å². The minimum atomic E-state index is -0.219. The number of nitrogens with one attached hydrogen (secondary N) is 1. The number of aliphatic imine (C=N–C) groups is 1. The van der Waals surface area contributed by atoms with Crippen LogP contribution in [0.25, 0.3) is 16.6 Å². The molecule has 1 unspecified atom stereocenters. The highest BCUT2D eigenvalue weighted by Crippen LogP contribution is 2.34. The SMILES string of the molecule is COc1nc(C2=NC(c3cn(C)c4cccc(Cl)c34)CON2)ccc1-n1cnc(C)c1. The van der Waals surface area contributed by atoms with E-state index in [1.165, 1.54) is 0 Å². The Morgan fingerprint density at radius 2 is 2.10 bits per heavy atom. The van der Waals surface area contributed by atoms with Gasteiger partial charge in [0, 0.05) is 35.9 Å². The molecule has 5 rings (SSSR count). The molecule has 0 aliphatic carbocycles. The van der Waals surface area contributed by atoms with Gasteiger partial charge in [0.15, 0.2) is 5.84 Å². The van der Waals surface area contributed by atoms with Crippen molar-refractivity contribution >= 4 is 28.3 Å². The molecule has 0 fully saturated rings. The third-order valence-electron chi connectivity index (χ3n) is 5.31. The Kier molecular flexibility index (Phi) is 4.88. The second kappa shape index (κ2) is 7.72. The van der Waals surface area contributed by atoms with E-state index in [9.17, 15) is 0 Å². The molecule has 1 aliphatic rings. The van der Waals surface area contributed by atoms with E-state index in [1.54, 1.807) is 13.4 Å². The fourth-order valence-corrected chi connectivity index (χ4v) is 4.12. The number of rotatable bonds is 4. The van der Waals surface area contributed by atoms with Crippen molar-refractivity contribution in [1.82, 2.24) is 24.6 Å². The average molecular weight is 437 g/mol. The molecule has 9 heteroatoms. The van der Waals surface area contributed by atoms with E-state index in [4.69, 9.17) is 26.2 Å².